The minimum atomic E-state index is -0.152. The molecule has 0 aliphatic heterocycles. The van der Waals surface area contributed by atoms with Crippen molar-refractivity contribution in [2.45, 2.75) is 13.1 Å². The van der Waals surface area contributed by atoms with Crippen LogP contribution in [0.3, 0.4) is 0 Å². The number of hydrogen-bond donors (Lipinski definition) is 2. The maximum atomic E-state index is 12.1. The molecule has 0 bridgehead atoms. The van der Waals surface area contributed by atoms with Gasteiger partial charge in [-0.2, -0.15) is 0 Å². The summed E-state index contributed by atoms with van der Waals surface area (Å²) in [6, 6.07) is 12.9. The Hall–Kier alpha value is -1.36. The number of nitrogens with two attached hydrogens (primary N) is 1. The van der Waals surface area contributed by atoms with Crippen LogP contribution < -0.4 is 11.1 Å². The molecule has 0 radical (unpaired) electrons. The largest absolute Gasteiger partial charge is 0.348 e. The van der Waals surface area contributed by atoms with Crippen LogP contribution in [-0.4, -0.2) is 5.91 Å². The van der Waals surface area contributed by atoms with E-state index in [2.05, 4.69) is 21.2 Å². The highest BCUT2D eigenvalue weighted by molar-refractivity contribution is 9.10. The molecule has 1 amide bonds. The third-order valence-electron chi connectivity index (χ3n) is 2.95. The summed E-state index contributed by atoms with van der Waals surface area (Å²) in [5.74, 6) is -0.152. The van der Waals surface area contributed by atoms with Crippen LogP contribution in [0.5, 0.6) is 0 Å². The molecule has 0 saturated carbocycles. The zero-order chi connectivity index (χ0) is 14.5. The van der Waals surface area contributed by atoms with Crippen molar-refractivity contribution in [2.24, 2.45) is 5.73 Å². The minimum Gasteiger partial charge on any atom is -0.348 e. The average Bonchev–Trinajstić information content (AvgIpc) is 2.45. The zero-order valence-electron chi connectivity index (χ0n) is 10.7. The van der Waals surface area contributed by atoms with Crippen molar-refractivity contribution >= 4 is 33.4 Å². The molecule has 0 aliphatic carbocycles. The number of hydrogen-bond acceptors (Lipinski definition) is 2. The molecule has 0 fully saturated rings. The average molecular weight is 354 g/mol. The summed E-state index contributed by atoms with van der Waals surface area (Å²) in [5, 5.41) is 3.47. The Labute approximate surface area is 131 Å². The summed E-state index contributed by atoms with van der Waals surface area (Å²) >= 11 is 9.20. The molecule has 3 nitrogen and oxygen atoms in total. The van der Waals surface area contributed by atoms with Gasteiger partial charge in [-0.25, -0.2) is 0 Å². The van der Waals surface area contributed by atoms with Gasteiger partial charge in [-0.15, -0.1) is 0 Å². The second-order valence-corrected chi connectivity index (χ2v) is 5.57. The quantitative estimate of drug-likeness (QED) is 0.884. The van der Waals surface area contributed by atoms with E-state index in [1.165, 1.54) is 0 Å². The van der Waals surface area contributed by atoms with Gasteiger partial charge in [-0.3, -0.25) is 4.79 Å². The lowest BCUT2D eigenvalue weighted by Gasteiger charge is -2.10. The van der Waals surface area contributed by atoms with Gasteiger partial charge in [0.1, 0.15) is 0 Å². The van der Waals surface area contributed by atoms with Crippen LogP contribution in [0, 0.1) is 0 Å². The summed E-state index contributed by atoms with van der Waals surface area (Å²) in [4.78, 5) is 12.1. The van der Waals surface area contributed by atoms with Gasteiger partial charge in [-0.05, 0) is 45.3 Å². The molecule has 5 heteroatoms. The first-order chi connectivity index (χ1) is 9.61. The van der Waals surface area contributed by atoms with Crippen LogP contribution in [0.4, 0.5) is 0 Å². The lowest BCUT2D eigenvalue weighted by atomic mass is 10.1. The molecule has 0 atom stereocenters. The third kappa shape index (κ3) is 3.60. The lowest BCUT2D eigenvalue weighted by molar-refractivity contribution is 0.0950. The Balaban J connectivity index is 2.09. The van der Waals surface area contributed by atoms with Crippen molar-refractivity contribution < 1.29 is 4.79 Å². The van der Waals surface area contributed by atoms with E-state index in [4.69, 9.17) is 17.3 Å². The number of amides is 1. The van der Waals surface area contributed by atoms with Gasteiger partial charge < -0.3 is 11.1 Å². The van der Waals surface area contributed by atoms with Crippen LogP contribution >= 0.6 is 27.5 Å². The molecular formula is C15H14BrClN2O. The lowest BCUT2D eigenvalue weighted by Crippen LogP contribution is -2.24. The molecular weight excluding hydrogens is 340 g/mol. The summed E-state index contributed by atoms with van der Waals surface area (Å²) in [6.07, 6.45) is 0. The number of halogens is 2. The standard InChI is InChI=1S/C15H14BrClN2O/c16-14-7-12(17)5-6-13(14)15(20)19-9-11-4-2-1-3-10(11)8-18/h1-7H,8-9,18H2,(H,19,20). The van der Waals surface area contributed by atoms with E-state index in [0.29, 0.717) is 28.1 Å². The molecule has 2 aromatic carbocycles. The predicted molar refractivity (Wildman–Crippen MR) is 84.7 cm³/mol. The molecule has 0 unspecified atom stereocenters. The fourth-order valence-corrected chi connectivity index (χ4v) is 2.74. The van der Waals surface area contributed by atoms with E-state index in [-0.39, 0.29) is 5.91 Å². The Morgan fingerprint density at radius 3 is 2.55 bits per heavy atom. The molecule has 3 N–H and O–H groups in total. The SMILES string of the molecule is NCc1ccccc1CNC(=O)c1ccc(Cl)cc1Br. The zero-order valence-corrected chi connectivity index (χ0v) is 13.0. The number of rotatable bonds is 4. The van der Waals surface area contributed by atoms with Gasteiger partial charge >= 0.3 is 0 Å². The maximum Gasteiger partial charge on any atom is 0.252 e. The molecule has 104 valence electrons. The van der Waals surface area contributed by atoms with Crippen LogP contribution in [0.2, 0.25) is 5.02 Å². The molecule has 2 aromatic rings. The molecule has 20 heavy (non-hydrogen) atoms. The maximum absolute atomic E-state index is 12.1. The summed E-state index contributed by atoms with van der Waals surface area (Å²) in [7, 11) is 0. The molecule has 2 rings (SSSR count). The predicted octanol–water partition coefficient (Wildman–Crippen LogP) is 3.49. The molecule has 0 saturated heterocycles. The Bertz CT molecular complexity index is 631. The van der Waals surface area contributed by atoms with Crippen molar-refractivity contribution in [3.8, 4) is 0 Å². The fourth-order valence-electron chi connectivity index (χ4n) is 1.87. The first kappa shape index (κ1) is 15.0. The first-order valence-electron chi connectivity index (χ1n) is 6.12. The molecule has 0 aromatic heterocycles. The molecule has 0 spiro atoms. The van der Waals surface area contributed by atoms with E-state index in [0.717, 1.165) is 11.1 Å². The van der Waals surface area contributed by atoms with Gasteiger partial charge in [0.15, 0.2) is 0 Å². The fraction of sp³-hybridized carbons (Fsp3) is 0.133. The van der Waals surface area contributed by atoms with Crippen LogP contribution in [0.25, 0.3) is 0 Å². The molecule has 0 aliphatic rings. The topological polar surface area (TPSA) is 55.1 Å². The third-order valence-corrected chi connectivity index (χ3v) is 3.84. The molecule has 0 heterocycles. The number of carbonyl (C=O) groups is 1. The number of benzene rings is 2. The Morgan fingerprint density at radius 2 is 1.90 bits per heavy atom. The second kappa shape index (κ2) is 6.88. The normalized spacial score (nSPS) is 10.3. The van der Waals surface area contributed by atoms with Crippen molar-refractivity contribution in [1.29, 1.82) is 0 Å². The van der Waals surface area contributed by atoms with Crippen LogP contribution in [0.1, 0.15) is 21.5 Å². The second-order valence-electron chi connectivity index (χ2n) is 4.28. The Morgan fingerprint density at radius 1 is 1.20 bits per heavy atom. The van der Waals surface area contributed by atoms with Gasteiger partial charge in [0.25, 0.3) is 5.91 Å². The van der Waals surface area contributed by atoms with Gasteiger partial charge in [-0.1, -0.05) is 35.9 Å². The number of carbonyl (C=O) groups excluding carboxylic acids is 1. The highest BCUT2D eigenvalue weighted by Gasteiger charge is 2.10. The highest BCUT2D eigenvalue weighted by Crippen LogP contribution is 2.21. The van der Waals surface area contributed by atoms with Crippen molar-refractivity contribution in [1.82, 2.24) is 5.32 Å². The summed E-state index contributed by atoms with van der Waals surface area (Å²) < 4.78 is 0.676. The van der Waals surface area contributed by atoms with E-state index in [1.54, 1.807) is 18.2 Å². The van der Waals surface area contributed by atoms with Crippen LogP contribution in [-0.2, 0) is 13.1 Å². The Kier molecular flexibility index (Phi) is 5.17. The van der Waals surface area contributed by atoms with Crippen molar-refractivity contribution in [3.63, 3.8) is 0 Å². The van der Waals surface area contributed by atoms with Crippen LogP contribution in [0.15, 0.2) is 46.9 Å². The minimum absolute atomic E-state index is 0.152. The first-order valence-corrected chi connectivity index (χ1v) is 7.29. The highest BCUT2D eigenvalue weighted by atomic mass is 79.9. The summed E-state index contributed by atoms with van der Waals surface area (Å²) in [5.41, 5.74) is 8.28. The summed E-state index contributed by atoms with van der Waals surface area (Å²) in [6.45, 7) is 0.901. The monoisotopic (exact) mass is 352 g/mol. The van der Waals surface area contributed by atoms with E-state index >= 15 is 0 Å². The number of nitrogens with one attached hydrogen (secondary N) is 1. The van der Waals surface area contributed by atoms with E-state index in [9.17, 15) is 4.79 Å². The van der Waals surface area contributed by atoms with Gasteiger partial charge in [0, 0.05) is 22.6 Å². The van der Waals surface area contributed by atoms with Crippen molar-refractivity contribution in [2.75, 3.05) is 0 Å². The van der Waals surface area contributed by atoms with Gasteiger partial charge in [0.2, 0.25) is 0 Å². The van der Waals surface area contributed by atoms with Gasteiger partial charge in [0.05, 0.1) is 5.56 Å². The van der Waals surface area contributed by atoms with E-state index in [1.807, 2.05) is 24.3 Å². The van der Waals surface area contributed by atoms with E-state index < -0.39 is 0 Å². The smallest absolute Gasteiger partial charge is 0.252 e. The van der Waals surface area contributed by atoms with Crippen molar-refractivity contribution in [3.05, 3.63) is 68.7 Å².